The fourth-order valence-corrected chi connectivity index (χ4v) is 5.20. The van der Waals surface area contributed by atoms with E-state index >= 15 is 0 Å². The minimum atomic E-state index is -3.07. The predicted molar refractivity (Wildman–Crippen MR) is 97.7 cm³/mol. The molecule has 1 saturated heterocycles. The van der Waals surface area contributed by atoms with Crippen molar-refractivity contribution in [2.24, 2.45) is 7.05 Å². The molecule has 1 fully saturated rings. The number of rotatable bonds is 3. The quantitative estimate of drug-likeness (QED) is 0.705. The fraction of sp³-hybridized carbons (Fsp3) is 0.353. The highest BCUT2D eigenvalue weighted by molar-refractivity contribution is 7.91. The zero-order chi connectivity index (χ0) is 18.5. The molecule has 3 heterocycles. The molecule has 0 aliphatic carbocycles. The van der Waals surface area contributed by atoms with Crippen LogP contribution in [0.15, 0.2) is 35.3 Å². The Balaban J connectivity index is 1.74. The first kappa shape index (κ1) is 16.8. The third-order valence-electron chi connectivity index (χ3n) is 4.77. The number of sulfone groups is 1. The number of nitrogens with one attached hydrogen (secondary N) is 1. The summed E-state index contributed by atoms with van der Waals surface area (Å²) < 4.78 is 26.0. The van der Waals surface area contributed by atoms with Crippen molar-refractivity contribution in [2.45, 2.75) is 19.0 Å². The number of hydrogen-bond acceptors (Lipinski definition) is 5. The zero-order valence-electron chi connectivity index (χ0n) is 14.2. The summed E-state index contributed by atoms with van der Waals surface area (Å²) in [5.41, 5.74) is 0.898. The Morgan fingerprint density at radius 2 is 2.08 bits per heavy atom. The molecule has 26 heavy (non-hydrogen) atoms. The summed E-state index contributed by atoms with van der Waals surface area (Å²) in [5, 5.41) is 8.39. The van der Waals surface area contributed by atoms with E-state index in [9.17, 15) is 18.0 Å². The largest absolute Gasteiger partial charge is 0.351 e. The van der Waals surface area contributed by atoms with Crippen LogP contribution in [0.5, 0.6) is 0 Å². The van der Waals surface area contributed by atoms with Gasteiger partial charge in [0.15, 0.2) is 9.84 Å². The Morgan fingerprint density at radius 3 is 2.81 bits per heavy atom. The molecule has 1 unspecified atom stereocenters. The van der Waals surface area contributed by atoms with E-state index in [4.69, 9.17) is 0 Å². The van der Waals surface area contributed by atoms with Gasteiger partial charge in [0.05, 0.1) is 17.7 Å². The molecule has 1 aromatic carbocycles. The molecule has 8 nitrogen and oxygen atoms in total. The van der Waals surface area contributed by atoms with Crippen molar-refractivity contribution >= 4 is 37.6 Å². The van der Waals surface area contributed by atoms with Gasteiger partial charge < -0.3 is 9.88 Å². The van der Waals surface area contributed by atoms with Crippen LogP contribution in [-0.2, 0) is 28.2 Å². The van der Waals surface area contributed by atoms with Crippen molar-refractivity contribution in [3.8, 4) is 0 Å². The van der Waals surface area contributed by atoms with Crippen LogP contribution >= 0.6 is 0 Å². The molecule has 1 N–H and O–H groups in total. The molecule has 0 radical (unpaired) electrons. The highest BCUT2D eigenvalue weighted by atomic mass is 32.2. The number of para-hydroxylation sites is 1. The van der Waals surface area contributed by atoms with Crippen LogP contribution in [-0.4, -0.2) is 46.2 Å². The summed E-state index contributed by atoms with van der Waals surface area (Å²) in [4.78, 5) is 25.1. The van der Waals surface area contributed by atoms with Crippen molar-refractivity contribution < 1.29 is 13.2 Å². The number of fused-ring (bicyclic) bond motifs is 3. The van der Waals surface area contributed by atoms with Gasteiger partial charge in [-0.2, -0.15) is 5.10 Å². The minimum Gasteiger partial charge on any atom is -0.351 e. The monoisotopic (exact) mass is 374 g/mol. The number of amides is 1. The van der Waals surface area contributed by atoms with Gasteiger partial charge in [-0.1, -0.05) is 18.2 Å². The lowest BCUT2D eigenvalue weighted by Crippen LogP contribution is -2.38. The second-order valence-electron chi connectivity index (χ2n) is 6.61. The van der Waals surface area contributed by atoms with E-state index in [1.807, 2.05) is 24.3 Å². The van der Waals surface area contributed by atoms with Crippen LogP contribution < -0.4 is 10.9 Å². The zero-order valence-corrected chi connectivity index (χ0v) is 15.0. The van der Waals surface area contributed by atoms with Crippen molar-refractivity contribution in [3.05, 3.63) is 40.8 Å². The normalized spacial score (nSPS) is 19.2. The van der Waals surface area contributed by atoms with Crippen LogP contribution in [0.3, 0.4) is 0 Å². The summed E-state index contributed by atoms with van der Waals surface area (Å²) in [5.74, 6) is -0.245. The van der Waals surface area contributed by atoms with Gasteiger partial charge in [0.25, 0.3) is 5.56 Å². The van der Waals surface area contributed by atoms with Crippen LogP contribution in [0, 0.1) is 0 Å². The first-order valence-corrected chi connectivity index (χ1v) is 10.1. The Morgan fingerprint density at radius 1 is 1.31 bits per heavy atom. The maximum absolute atomic E-state index is 12.6. The highest BCUT2D eigenvalue weighted by Gasteiger charge is 2.29. The number of hydrogen-bond donors (Lipinski definition) is 1. The third kappa shape index (κ3) is 2.78. The van der Waals surface area contributed by atoms with Crippen molar-refractivity contribution in [2.75, 3.05) is 11.5 Å². The predicted octanol–water partition coefficient (Wildman–Crippen LogP) is 0.191. The first-order valence-electron chi connectivity index (χ1n) is 8.29. The number of carbonyl (C=O) groups excluding carboxylic acids is 1. The average molecular weight is 374 g/mol. The second kappa shape index (κ2) is 5.94. The van der Waals surface area contributed by atoms with E-state index in [0.717, 1.165) is 10.9 Å². The Hall–Kier alpha value is -2.68. The van der Waals surface area contributed by atoms with E-state index in [1.165, 1.54) is 4.68 Å². The van der Waals surface area contributed by atoms with Gasteiger partial charge >= 0.3 is 0 Å². The molecule has 136 valence electrons. The summed E-state index contributed by atoms with van der Waals surface area (Å²) in [6.07, 6.45) is 2.05. The SMILES string of the molecule is Cn1ncc2c3ccccc3n(CC(=O)NC3CCS(=O)(=O)C3)c2c1=O. The molecular formula is C17H18N4O4S. The van der Waals surface area contributed by atoms with Gasteiger partial charge in [-0.05, 0) is 12.5 Å². The average Bonchev–Trinajstić information content (AvgIpc) is 3.09. The molecule has 2 aromatic heterocycles. The van der Waals surface area contributed by atoms with Crippen molar-refractivity contribution in [3.63, 3.8) is 0 Å². The number of aryl methyl sites for hydroxylation is 1. The molecule has 1 aliphatic rings. The molecule has 0 bridgehead atoms. The third-order valence-corrected chi connectivity index (χ3v) is 6.53. The molecule has 1 atom stereocenters. The summed E-state index contributed by atoms with van der Waals surface area (Å²) >= 11 is 0. The van der Waals surface area contributed by atoms with Gasteiger partial charge in [-0.15, -0.1) is 0 Å². The van der Waals surface area contributed by atoms with E-state index in [-0.39, 0.29) is 35.6 Å². The smallest absolute Gasteiger partial charge is 0.291 e. The summed E-state index contributed by atoms with van der Waals surface area (Å²) in [6, 6.07) is 7.08. The maximum atomic E-state index is 12.6. The molecular weight excluding hydrogens is 356 g/mol. The number of aromatic nitrogens is 3. The molecule has 1 amide bonds. The lowest BCUT2D eigenvalue weighted by molar-refractivity contribution is -0.122. The fourth-order valence-electron chi connectivity index (χ4n) is 3.53. The summed E-state index contributed by atoms with van der Waals surface area (Å²) in [7, 11) is -1.51. The molecule has 0 spiro atoms. The number of nitrogens with zero attached hydrogens (tertiary/aromatic N) is 3. The van der Waals surface area contributed by atoms with Crippen LogP contribution in [0.4, 0.5) is 0 Å². The van der Waals surface area contributed by atoms with Gasteiger partial charge in [0.2, 0.25) is 5.91 Å². The minimum absolute atomic E-state index is 0.0302. The van der Waals surface area contributed by atoms with Gasteiger partial charge in [0.1, 0.15) is 12.1 Å². The molecule has 3 aromatic rings. The Bertz CT molecular complexity index is 1190. The topological polar surface area (TPSA) is 103 Å². The van der Waals surface area contributed by atoms with Crippen LogP contribution in [0.2, 0.25) is 0 Å². The van der Waals surface area contributed by atoms with Crippen molar-refractivity contribution in [1.82, 2.24) is 19.7 Å². The van der Waals surface area contributed by atoms with E-state index < -0.39 is 9.84 Å². The van der Waals surface area contributed by atoms with Crippen LogP contribution in [0.25, 0.3) is 21.8 Å². The molecule has 0 saturated carbocycles. The highest BCUT2D eigenvalue weighted by Crippen LogP contribution is 2.26. The summed E-state index contributed by atoms with van der Waals surface area (Å²) in [6.45, 7) is -0.0557. The molecule has 1 aliphatic heterocycles. The second-order valence-corrected chi connectivity index (χ2v) is 8.84. The number of benzene rings is 1. The van der Waals surface area contributed by atoms with E-state index in [2.05, 4.69) is 10.4 Å². The lowest BCUT2D eigenvalue weighted by atomic mass is 10.2. The number of carbonyl (C=O) groups is 1. The Labute approximate surface area is 149 Å². The van der Waals surface area contributed by atoms with Gasteiger partial charge in [-0.3, -0.25) is 9.59 Å². The Kier molecular flexibility index (Phi) is 3.83. The lowest BCUT2D eigenvalue weighted by Gasteiger charge is -2.12. The van der Waals surface area contributed by atoms with Crippen LogP contribution in [0.1, 0.15) is 6.42 Å². The van der Waals surface area contributed by atoms with Crippen molar-refractivity contribution in [1.29, 1.82) is 0 Å². The standard InChI is InChI=1S/C17H18N4O4S/c1-20-17(23)16-13(8-18-20)12-4-2-3-5-14(12)21(16)9-15(22)19-11-6-7-26(24,25)10-11/h2-5,8,11H,6-7,9-10H2,1H3,(H,19,22). The molecule has 4 rings (SSSR count). The van der Waals surface area contributed by atoms with Gasteiger partial charge in [-0.25, -0.2) is 13.1 Å². The maximum Gasteiger partial charge on any atom is 0.291 e. The molecule has 9 heteroatoms. The van der Waals surface area contributed by atoms with Gasteiger partial charge in [0, 0.05) is 29.4 Å². The first-order chi connectivity index (χ1) is 12.4. The van der Waals surface area contributed by atoms with E-state index in [0.29, 0.717) is 17.3 Å². The van der Waals surface area contributed by atoms with E-state index in [1.54, 1.807) is 17.8 Å².